The van der Waals surface area contributed by atoms with E-state index in [2.05, 4.69) is 12.3 Å². The molecular formula is C9H12OS. The molecule has 2 heterocycles. The smallest absolute Gasteiger partial charge is 0.0730 e. The Morgan fingerprint density at radius 1 is 1.64 bits per heavy atom. The maximum absolute atomic E-state index is 5.40. The number of hydrogen-bond donors (Lipinski definition) is 0. The minimum absolute atomic E-state index is 0.849. The van der Waals surface area contributed by atoms with Gasteiger partial charge < -0.3 is 4.74 Å². The van der Waals surface area contributed by atoms with E-state index < -0.39 is 0 Å². The van der Waals surface area contributed by atoms with Gasteiger partial charge in [-0.05, 0) is 22.9 Å². The molecule has 0 atom stereocenters. The van der Waals surface area contributed by atoms with Crippen LogP contribution in [0.5, 0.6) is 0 Å². The van der Waals surface area contributed by atoms with Gasteiger partial charge in [0.15, 0.2) is 0 Å². The fourth-order valence-corrected chi connectivity index (χ4v) is 2.61. The lowest BCUT2D eigenvalue weighted by Gasteiger charge is -2.12. The Morgan fingerprint density at radius 2 is 2.55 bits per heavy atom. The number of thiophene rings is 1. The number of ether oxygens (including phenoxy) is 1. The van der Waals surface area contributed by atoms with E-state index in [9.17, 15) is 0 Å². The Kier molecular flexibility index (Phi) is 1.96. The van der Waals surface area contributed by atoms with E-state index in [0.29, 0.717) is 0 Å². The summed E-state index contributed by atoms with van der Waals surface area (Å²) in [6, 6.07) is 0. The molecule has 1 aliphatic rings. The van der Waals surface area contributed by atoms with E-state index in [1.165, 1.54) is 11.1 Å². The van der Waals surface area contributed by atoms with Gasteiger partial charge in [0.05, 0.1) is 13.2 Å². The monoisotopic (exact) mass is 168 g/mol. The van der Waals surface area contributed by atoms with Gasteiger partial charge in [-0.3, -0.25) is 0 Å². The molecule has 1 aromatic heterocycles. The normalized spacial score (nSPS) is 16.5. The zero-order chi connectivity index (χ0) is 7.68. The Morgan fingerprint density at radius 3 is 3.36 bits per heavy atom. The van der Waals surface area contributed by atoms with Gasteiger partial charge in [-0.15, -0.1) is 11.3 Å². The Balaban J connectivity index is 2.38. The molecule has 1 nitrogen and oxygen atoms in total. The standard InChI is InChI=1S/C9H12OS/c1-2-7-6-11-9-3-4-10-5-8(7)9/h6H,2-5H2,1H3. The van der Waals surface area contributed by atoms with Gasteiger partial charge >= 0.3 is 0 Å². The molecular weight excluding hydrogens is 156 g/mol. The molecule has 2 heteroatoms. The minimum atomic E-state index is 0.849. The highest BCUT2D eigenvalue weighted by molar-refractivity contribution is 7.10. The molecule has 0 spiro atoms. The van der Waals surface area contributed by atoms with Crippen LogP contribution in [0, 0.1) is 0 Å². The van der Waals surface area contributed by atoms with Crippen LogP contribution in [-0.4, -0.2) is 6.61 Å². The molecule has 0 radical (unpaired) electrons. The number of aryl methyl sites for hydroxylation is 1. The highest BCUT2D eigenvalue weighted by atomic mass is 32.1. The van der Waals surface area contributed by atoms with Crippen molar-refractivity contribution in [3.8, 4) is 0 Å². The Labute approximate surface area is 71.0 Å². The van der Waals surface area contributed by atoms with E-state index in [1.54, 1.807) is 4.88 Å². The summed E-state index contributed by atoms with van der Waals surface area (Å²) in [5, 5.41) is 2.28. The molecule has 11 heavy (non-hydrogen) atoms. The lowest BCUT2D eigenvalue weighted by atomic mass is 10.1. The minimum Gasteiger partial charge on any atom is -0.376 e. The second-order valence-corrected chi connectivity index (χ2v) is 3.78. The molecule has 0 saturated heterocycles. The topological polar surface area (TPSA) is 9.23 Å². The molecule has 0 bridgehead atoms. The highest BCUT2D eigenvalue weighted by Gasteiger charge is 2.14. The number of fused-ring (bicyclic) bond motifs is 1. The van der Waals surface area contributed by atoms with Gasteiger partial charge in [0.2, 0.25) is 0 Å². The first-order chi connectivity index (χ1) is 5.42. The van der Waals surface area contributed by atoms with Crippen LogP contribution in [0.15, 0.2) is 5.38 Å². The second kappa shape index (κ2) is 2.95. The fraction of sp³-hybridized carbons (Fsp3) is 0.556. The van der Waals surface area contributed by atoms with Crippen molar-refractivity contribution < 1.29 is 4.74 Å². The average Bonchev–Trinajstić information content (AvgIpc) is 2.47. The fourth-order valence-electron chi connectivity index (χ4n) is 1.48. The molecule has 0 N–H and O–H groups in total. The van der Waals surface area contributed by atoms with E-state index in [4.69, 9.17) is 4.74 Å². The van der Waals surface area contributed by atoms with Crippen molar-refractivity contribution in [3.05, 3.63) is 21.4 Å². The van der Waals surface area contributed by atoms with Gasteiger partial charge in [0.1, 0.15) is 0 Å². The van der Waals surface area contributed by atoms with Crippen molar-refractivity contribution in [2.75, 3.05) is 6.61 Å². The third-order valence-corrected chi connectivity index (χ3v) is 3.31. The van der Waals surface area contributed by atoms with Crippen LogP contribution in [0.3, 0.4) is 0 Å². The molecule has 0 aromatic carbocycles. The molecule has 0 saturated carbocycles. The first-order valence-corrected chi connectivity index (χ1v) is 4.95. The summed E-state index contributed by atoms with van der Waals surface area (Å²) < 4.78 is 5.40. The predicted octanol–water partition coefficient (Wildman–Crippen LogP) is 2.38. The van der Waals surface area contributed by atoms with Crippen molar-refractivity contribution in [1.29, 1.82) is 0 Å². The molecule has 60 valence electrons. The first kappa shape index (κ1) is 7.32. The van der Waals surface area contributed by atoms with Crippen molar-refractivity contribution in [1.82, 2.24) is 0 Å². The van der Waals surface area contributed by atoms with Crippen LogP contribution < -0.4 is 0 Å². The summed E-state index contributed by atoms with van der Waals surface area (Å²) in [6.45, 7) is 3.97. The lowest BCUT2D eigenvalue weighted by molar-refractivity contribution is 0.111. The van der Waals surface area contributed by atoms with Crippen molar-refractivity contribution in [2.45, 2.75) is 26.4 Å². The second-order valence-electron chi connectivity index (χ2n) is 2.82. The maximum Gasteiger partial charge on any atom is 0.0730 e. The molecule has 0 fully saturated rings. The molecule has 0 aliphatic carbocycles. The zero-order valence-corrected chi connectivity index (χ0v) is 7.54. The summed E-state index contributed by atoms with van der Waals surface area (Å²) in [5.41, 5.74) is 2.97. The summed E-state index contributed by atoms with van der Waals surface area (Å²) in [6.07, 6.45) is 2.27. The first-order valence-electron chi connectivity index (χ1n) is 4.07. The summed E-state index contributed by atoms with van der Waals surface area (Å²) in [5.74, 6) is 0. The van der Waals surface area contributed by atoms with E-state index >= 15 is 0 Å². The Hall–Kier alpha value is -0.340. The predicted molar refractivity (Wildman–Crippen MR) is 47.1 cm³/mol. The summed E-state index contributed by atoms with van der Waals surface area (Å²) in [7, 11) is 0. The average molecular weight is 168 g/mol. The van der Waals surface area contributed by atoms with Crippen LogP contribution >= 0.6 is 11.3 Å². The van der Waals surface area contributed by atoms with Crippen molar-refractivity contribution >= 4 is 11.3 Å². The molecule has 2 rings (SSSR count). The van der Waals surface area contributed by atoms with Gasteiger partial charge in [-0.2, -0.15) is 0 Å². The van der Waals surface area contributed by atoms with Crippen LogP contribution in [0.1, 0.15) is 22.9 Å². The zero-order valence-electron chi connectivity index (χ0n) is 6.72. The van der Waals surface area contributed by atoms with Crippen molar-refractivity contribution in [3.63, 3.8) is 0 Å². The van der Waals surface area contributed by atoms with Gasteiger partial charge in [0.25, 0.3) is 0 Å². The molecule has 1 aliphatic heterocycles. The third-order valence-electron chi connectivity index (χ3n) is 2.17. The van der Waals surface area contributed by atoms with Crippen molar-refractivity contribution in [2.24, 2.45) is 0 Å². The third kappa shape index (κ3) is 1.21. The van der Waals surface area contributed by atoms with Crippen LogP contribution in [0.25, 0.3) is 0 Å². The molecule has 1 aromatic rings. The van der Waals surface area contributed by atoms with Gasteiger partial charge in [-0.25, -0.2) is 0 Å². The van der Waals surface area contributed by atoms with E-state index in [0.717, 1.165) is 26.1 Å². The number of hydrogen-bond acceptors (Lipinski definition) is 2. The molecule has 0 unspecified atom stereocenters. The summed E-state index contributed by atoms with van der Waals surface area (Å²) in [4.78, 5) is 1.55. The van der Waals surface area contributed by atoms with Crippen LogP contribution in [0.2, 0.25) is 0 Å². The van der Waals surface area contributed by atoms with Crippen LogP contribution in [-0.2, 0) is 24.2 Å². The quantitative estimate of drug-likeness (QED) is 0.625. The largest absolute Gasteiger partial charge is 0.376 e. The Bertz CT molecular complexity index is 239. The highest BCUT2D eigenvalue weighted by Crippen LogP contribution is 2.27. The van der Waals surface area contributed by atoms with E-state index in [-0.39, 0.29) is 0 Å². The van der Waals surface area contributed by atoms with Gasteiger partial charge in [-0.1, -0.05) is 6.92 Å². The SMILES string of the molecule is CCc1csc2c1COCC2. The number of rotatable bonds is 1. The molecule has 0 amide bonds. The summed E-state index contributed by atoms with van der Waals surface area (Å²) >= 11 is 1.90. The van der Waals surface area contributed by atoms with Crippen LogP contribution in [0.4, 0.5) is 0 Å². The van der Waals surface area contributed by atoms with Gasteiger partial charge in [0, 0.05) is 11.3 Å². The van der Waals surface area contributed by atoms with E-state index in [1.807, 2.05) is 11.3 Å². The maximum atomic E-state index is 5.40. The lowest BCUT2D eigenvalue weighted by Crippen LogP contribution is -2.07.